The van der Waals surface area contributed by atoms with Gasteiger partial charge in [0.2, 0.25) is 0 Å². The van der Waals surface area contributed by atoms with Crippen molar-refractivity contribution < 1.29 is 14.6 Å². The summed E-state index contributed by atoms with van der Waals surface area (Å²) < 4.78 is 4.72. The number of aliphatic hydroxyl groups is 1. The minimum Gasteiger partial charge on any atom is -0.469 e. The Bertz CT molecular complexity index is 430. The maximum Gasteiger partial charge on any atom is 0.305 e. The van der Waals surface area contributed by atoms with Crippen LogP contribution in [-0.2, 0) is 9.53 Å². The van der Waals surface area contributed by atoms with E-state index in [0.29, 0.717) is 11.4 Å². The zero-order valence-electron chi connectivity index (χ0n) is 11.0. The second-order valence-corrected chi connectivity index (χ2v) is 5.62. The first-order valence-corrected chi connectivity index (χ1v) is 6.98. The van der Waals surface area contributed by atoms with E-state index in [1.807, 2.05) is 24.3 Å². The summed E-state index contributed by atoms with van der Waals surface area (Å²) in [6, 6.07) is 7.59. The van der Waals surface area contributed by atoms with E-state index in [0.717, 1.165) is 24.8 Å². The lowest BCUT2D eigenvalue weighted by molar-refractivity contribution is -0.142. The van der Waals surface area contributed by atoms with E-state index in [2.05, 4.69) is 0 Å². The number of rotatable bonds is 3. The number of hydrogen-bond acceptors (Lipinski definition) is 3. The molecule has 1 saturated carbocycles. The van der Waals surface area contributed by atoms with E-state index < -0.39 is 0 Å². The van der Waals surface area contributed by atoms with Crippen molar-refractivity contribution in [2.45, 2.75) is 37.7 Å². The molecule has 0 amide bonds. The molecule has 0 aliphatic heterocycles. The lowest BCUT2D eigenvalue weighted by Crippen LogP contribution is -2.28. The van der Waals surface area contributed by atoms with Crippen molar-refractivity contribution in [3.05, 3.63) is 34.9 Å². The van der Waals surface area contributed by atoms with Crippen molar-refractivity contribution in [2.24, 2.45) is 5.92 Å². The maximum absolute atomic E-state index is 11.3. The molecule has 1 aromatic carbocycles. The van der Waals surface area contributed by atoms with Crippen LogP contribution in [0.4, 0.5) is 0 Å². The highest BCUT2D eigenvalue weighted by Gasteiger charge is 2.31. The molecule has 0 unspecified atom stereocenters. The Morgan fingerprint density at radius 3 is 2.68 bits per heavy atom. The average Bonchev–Trinajstić information content (AvgIpc) is 2.42. The molecule has 104 valence electrons. The van der Waals surface area contributed by atoms with Crippen LogP contribution in [-0.4, -0.2) is 24.3 Å². The van der Waals surface area contributed by atoms with Gasteiger partial charge in [-0.2, -0.15) is 0 Å². The Morgan fingerprint density at radius 1 is 1.37 bits per heavy atom. The van der Waals surface area contributed by atoms with E-state index in [4.69, 9.17) is 16.3 Å². The van der Waals surface area contributed by atoms with E-state index in [-0.39, 0.29) is 23.9 Å². The van der Waals surface area contributed by atoms with Crippen molar-refractivity contribution in [1.29, 1.82) is 0 Å². The summed E-state index contributed by atoms with van der Waals surface area (Å²) in [6.07, 6.45) is 2.52. The van der Waals surface area contributed by atoms with Gasteiger partial charge in [0.15, 0.2) is 0 Å². The number of carbonyl (C=O) groups is 1. The SMILES string of the molecule is COC(=O)C[C@@H]1CC[C@@H](O)[C@H](c2ccc(Cl)cc2)C1. The molecule has 1 N–H and O–H groups in total. The molecule has 1 aromatic rings. The van der Waals surface area contributed by atoms with Gasteiger partial charge in [0, 0.05) is 17.4 Å². The first-order chi connectivity index (χ1) is 9.10. The van der Waals surface area contributed by atoms with Crippen LogP contribution in [0.2, 0.25) is 5.02 Å². The molecule has 4 heteroatoms. The first-order valence-electron chi connectivity index (χ1n) is 6.60. The second kappa shape index (κ2) is 6.40. The highest BCUT2D eigenvalue weighted by Crippen LogP contribution is 2.38. The molecule has 0 radical (unpaired) electrons. The van der Waals surface area contributed by atoms with Gasteiger partial charge >= 0.3 is 5.97 Å². The van der Waals surface area contributed by atoms with E-state index >= 15 is 0 Å². The van der Waals surface area contributed by atoms with Gasteiger partial charge in [-0.25, -0.2) is 0 Å². The Morgan fingerprint density at radius 2 is 2.05 bits per heavy atom. The summed E-state index contributed by atoms with van der Waals surface area (Å²) in [7, 11) is 1.41. The lowest BCUT2D eigenvalue weighted by atomic mass is 9.75. The number of hydrogen-bond donors (Lipinski definition) is 1. The van der Waals surface area contributed by atoms with E-state index in [1.54, 1.807) is 0 Å². The number of esters is 1. The third kappa shape index (κ3) is 3.71. The molecular formula is C15H19ClO3. The Labute approximate surface area is 118 Å². The van der Waals surface area contributed by atoms with Gasteiger partial charge in [0.1, 0.15) is 0 Å². The van der Waals surface area contributed by atoms with Crippen LogP contribution in [0, 0.1) is 5.92 Å². The molecule has 0 bridgehead atoms. The largest absolute Gasteiger partial charge is 0.469 e. The van der Waals surface area contributed by atoms with Gasteiger partial charge < -0.3 is 9.84 Å². The summed E-state index contributed by atoms with van der Waals surface area (Å²) >= 11 is 5.88. The number of carbonyl (C=O) groups excluding carboxylic acids is 1. The van der Waals surface area contributed by atoms with E-state index in [1.165, 1.54) is 7.11 Å². The van der Waals surface area contributed by atoms with Gasteiger partial charge in [-0.1, -0.05) is 23.7 Å². The molecule has 0 heterocycles. The standard InChI is InChI=1S/C15H19ClO3/c1-19-15(18)9-10-2-7-14(17)13(8-10)11-3-5-12(16)6-4-11/h3-6,10,13-14,17H,2,7-9H2,1H3/t10-,13+,14-/m1/s1. The number of methoxy groups -OCH3 is 1. The van der Waals surface area contributed by atoms with Gasteiger partial charge in [-0.15, -0.1) is 0 Å². The number of halogens is 1. The number of aliphatic hydroxyl groups excluding tert-OH is 1. The summed E-state index contributed by atoms with van der Waals surface area (Å²) in [6.45, 7) is 0. The molecule has 3 nitrogen and oxygen atoms in total. The highest BCUT2D eigenvalue weighted by atomic mass is 35.5. The molecule has 2 rings (SSSR count). The van der Waals surface area contributed by atoms with Gasteiger partial charge in [-0.05, 0) is 42.9 Å². The van der Waals surface area contributed by atoms with Crippen LogP contribution in [0.3, 0.4) is 0 Å². The minimum atomic E-state index is -0.338. The summed E-state index contributed by atoms with van der Waals surface area (Å²) in [5, 5.41) is 10.8. The Balaban J connectivity index is 2.06. The van der Waals surface area contributed by atoms with Crippen LogP contribution in [0.15, 0.2) is 24.3 Å². The van der Waals surface area contributed by atoms with Crippen LogP contribution < -0.4 is 0 Å². The molecule has 1 fully saturated rings. The molecule has 0 spiro atoms. The summed E-state index contributed by atoms with van der Waals surface area (Å²) in [4.78, 5) is 11.3. The molecule has 1 aliphatic rings. The molecular weight excluding hydrogens is 264 g/mol. The number of ether oxygens (including phenoxy) is 1. The Hall–Kier alpha value is -1.06. The van der Waals surface area contributed by atoms with Crippen molar-refractivity contribution in [3.63, 3.8) is 0 Å². The van der Waals surface area contributed by atoms with Gasteiger partial charge in [0.25, 0.3) is 0 Å². The van der Waals surface area contributed by atoms with Crippen LogP contribution in [0.5, 0.6) is 0 Å². The average molecular weight is 283 g/mol. The third-order valence-electron chi connectivity index (χ3n) is 3.90. The monoisotopic (exact) mass is 282 g/mol. The van der Waals surface area contributed by atoms with Gasteiger partial charge in [-0.3, -0.25) is 4.79 Å². The first kappa shape index (κ1) is 14.4. The normalized spacial score (nSPS) is 27.0. The fourth-order valence-electron chi connectivity index (χ4n) is 2.81. The zero-order valence-corrected chi connectivity index (χ0v) is 11.8. The zero-order chi connectivity index (χ0) is 13.8. The summed E-state index contributed by atoms with van der Waals surface area (Å²) in [5.41, 5.74) is 1.09. The minimum absolute atomic E-state index is 0.0840. The fourth-order valence-corrected chi connectivity index (χ4v) is 2.94. The topological polar surface area (TPSA) is 46.5 Å². The lowest BCUT2D eigenvalue weighted by Gasteiger charge is -2.33. The van der Waals surface area contributed by atoms with Crippen LogP contribution in [0.1, 0.15) is 37.2 Å². The van der Waals surface area contributed by atoms with Crippen LogP contribution >= 0.6 is 11.6 Å². The molecule has 3 atom stereocenters. The molecule has 0 aromatic heterocycles. The highest BCUT2D eigenvalue weighted by molar-refractivity contribution is 6.30. The molecule has 0 saturated heterocycles. The third-order valence-corrected chi connectivity index (χ3v) is 4.16. The van der Waals surface area contributed by atoms with Crippen molar-refractivity contribution in [1.82, 2.24) is 0 Å². The van der Waals surface area contributed by atoms with Crippen molar-refractivity contribution >= 4 is 17.6 Å². The van der Waals surface area contributed by atoms with Crippen molar-refractivity contribution in [2.75, 3.05) is 7.11 Å². The van der Waals surface area contributed by atoms with Crippen molar-refractivity contribution in [3.8, 4) is 0 Å². The Kier molecular flexibility index (Phi) is 4.83. The smallest absolute Gasteiger partial charge is 0.305 e. The fraction of sp³-hybridized carbons (Fsp3) is 0.533. The summed E-state index contributed by atoms with van der Waals surface area (Å²) in [5.74, 6) is 0.202. The van der Waals surface area contributed by atoms with E-state index in [9.17, 15) is 9.90 Å². The van der Waals surface area contributed by atoms with Gasteiger partial charge in [0.05, 0.1) is 13.2 Å². The predicted octanol–water partition coefficient (Wildman–Crippen LogP) is 3.15. The predicted molar refractivity (Wildman–Crippen MR) is 74.2 cm³/mol. The quantitative estimate of drug-likeness (QED) is 0.867. The maximum atomic E-state index is 11.3. The molecule has 1 aliphatic carbocycles. The van der Waals surface area contributed by atoms with Crippen LogP contribution in [0.25, 0.3) is 0 Å². The molecule has 19 heavy (non-hydrogen) atoms. The second-order valence-electron chi connectivity index (χ2n) is 5.18. The number of benzene rings is 1.